The predicted molar refractivity (Wildman–Crippen MR) is 144 cm³/mol. The van der Waals surface area contributed by atoms with Crippen LogP contribution in [-0.2, 0) is 30.5 Å². The van der Waals surface area contributed by atoms with Crippen LogP contribution in [-0.4, -0.2) is 51.2 Å². The molecule has 2 aliphatic rings. The maximum Gasteiger partial charge on any atom is 0.490 e. The molecule has 0 atom stereocenters. The lowest BCUT2D eigenvalue weighted by Crippen LogP contribution is -2.29. The molecule has 1 amide bonds. The molecule has 1 aromatic carbocycles. The number of halogens is 5. The number of aliphatic carboxylic acids is 1. The van der Waals surface area contributed by atoms with Crippen LogP contribution in [0.2, 0.25) is 10.3 Å². The SMILES string of the molecule is O=C(NCCc1ccc2c(n1)CCCN2c1nc(Cl)nc2c1CCCC2)c1ccc(Cl)cc1.O=C(O)C(F)(F)F. The summed E-state index contributed by atoms with van der Waals surface area (Å²) in [5, 5.41) is 11.0. The highest BCUT2D eigenvalue weighted by Crippen LogP contribution is 2.37. The van der Waals surface area contributed by atoms with Crippen molar-refractivity contribution in [2.24, 2.45) is 0 Å². The Bertz CT molecular complexity index is 1390. The maximum atomic E-state index is 12.3. The van der Waals surface area contributed by atoms with Gasteiger partial charge in [-0.05, 0) is 86.5 Å². The van der Waals surface area contributed by atoms with E-state index in [4.69, 9.17) is 38.1 Å². The Balaban J connectivity index is 0.000000470. The number of nitrogens with one attached hydrogen (secondary N) is 1. The molecule has 8 nitrogen and oxygen atoms in total. The van der Waals surface area contributed by atoms with Crippen molar-refractivity contribution in [1.29, 1.82) is 0 Å². The van der Waals surface area contributed by atoms with E-state index in [0.29, 0.717) is 28.8 Å². The van der Waals surface area contributed by atoms with Gasteiger partial charge in [0.15, 0.2) is 0 Å². The van der Waals surface area contributed by atoms with Gasteiger partial charge in [-0.3, -0.25) is 9.78 Å². The van der Waals surface area contributed by atoms with Crippen LogP contribution in [0.4, 0.5) is 24.7 Å². The number of carboxylic acid groups (broad SMARTS) is 1. The number of anilines is 2. The summed E-state index contributed by atoms with van der Waals surface area (Å²) in [5.41, 5.74) is 6.05. The van der Waals surface area contributed by atoms with Crippen molar-refractivity contribution in [1.82, 2.24) is 20.3 Å². The number of hydrogen-bond donors (Lipinski definition) is 2. The highest BCUT2D eigenvalue weighted by atomic mass is 35.5. The second-order valence-electron chi connectivity index (χ2n) is 9.29. The van der Waals surface area contributed by atoms with Crippen LogP contribution in [0.1, 0.15) is 52.3 Å². The molecule has 0 saturated heterocycles. The quantitative estimate of drug-likeness (QED) is 0.362. The van der Waals surface area contributed by atoms with E-state index in [-0.39, 0.29) is 5.91 Å². The number of aryl methyl sites for hydroxylation is 2. The minimum Gasteiger partial charge on any atom is -0.475 e. The summed E-state index contributed by atoms with van der Waals surface area (Å²) in [5.74, 6) is -1.93. The fourth-order valence-corrected chi connectivity index (χ4v) is 4.94. The molecule has 5 rings (SSSR count). The number of carboxylic acids is 1. The van der Waals surface area contributed by atoms with E-state index in [1.165, 1.54) is 5.56 Å². The third kappa shape index (κ3) is 7.39. The van der Waals surface area contributed by atoms with E-state index >= 15 is 0 Å². The van der Waals surface area contributed by atoms with Crippen molar-refractivity contribution >= 4 is 46.6 Å². The number of carbonyl (C=O) groups is 2. The Labute approximate surface area is 238 Å². The summed E-state index contributed by atoms with van der Waals surface area (Å²) in [7, 11) is 0. The first-order valence-corrected chi connectivity index (χ1v) is 13.4. The first-order chi connectivity index (χ1) is 19.0. The van der Waals surface area contributed by atoms with Gasteiger partial charge >= 0.3 is 12.1 Å². The molecule has 0 saturated carbocycles. The minimum absolute atomic E-state index is 0.110. The monoisotopic (exact) mass is 595 g/mol. The number of hydrogen-bond acceptors (Lipinski definition) is 6. The number of rotatable bonds is 5. The predicted octanol–water partition coefficient (Wildman–Crippen LogP) is 5.75. The molecule has 0 radical (unpaired) electrons. The Morgan fingerprint density at radius 3 is 2.30 bits per heavy atom. The third-order valence-electron chi connectivity index (χ3n) is 6.50. The standard InChI is InChI=1S/C25H25Cl2N5O.C2HF3O2/c26-17-9-7-16(8-10-17)24(33)28-14-13-18-11-12-22-21(29-18)6-3-15-32(22)23-19-4-1-2-5-20(19)30-25(27)31-23;3-2(4,5)1(6)7/h7-12H,1-6,13-15H2,(H,28,33);(H,6,7). The number of alkyl halides is 3. The molecule has 3 aromatic rings. The Morgan fingerprint density at radius 2 is 1.60 bits per heavy atom. The Hall–Kier alpha value is -3.44. The second kappa shape index (κ2) is 12.8. The molecule has 0 bridgehead atoms. The van der Waals surface area contributed by atoms with Gasteiger partial charge in [0, 0.05) is 41.4 Å². The summed E-state index contributed by atoms with van der Waals surface area (Å²) >= 11 is 12.2. The van der Waals surface area contributed by atoms with Gasteiger partial charge in [-0.25, -0.2) is 9.78 Å². The van der Waals surface area contributed by atoms with Crippen LogP contribution in [0.5, 0.6) is 0 Å². The number of benzene rings is 1. The average Bonchev–Trinajstić information content (AvgIpc) is 2.92. The molecule has 0 fully saturated rings. The molecule has 40 heavy (non-hydrogen) atoms. The van der Waals surface area contributed by atoms with Crippen LogP contribution in [0.15, 0.2) is 36.4 Å². The van der Waals surface area contributed by atoms with Gasteiger partial charge < -0.3 is 15.3 Å². The minimum atomic E-state index is -5.08. The lowest BCUT2D eigenvalue weighted by molar-refractivity contribution is -0.192. The maximum absolute atomic E-state index is 12.3. The zero-order valence-electron chi connectivity index (χ0n) is 21.3. The molecule has 2 N–H and O–H groups in total. The summed E-state index contributed by atoms with van der Waals surface area (Å²) < 4.78 is 31.7. The van der Waals surface area contributed by atoms with Gasteiger partial charge in [-0.15, -0.1) is 0 Å². The van der Waals surface area contributed by atoms with Crippen LogP contribution < -0.4 is 10.2 Å². The van der Waals surface area contributed by atoms with Gasteiger partial charge in [0.2, 0.25) is 5.28 Å². The summed E-state index contributed by atoms with van der Waals surface area (Å²) in [6.45, 7) is 1.41. The normalized spacial score (nSPS) is 14.4. The van der Waals surface area contributed by atoms with Gasteiger partial charge in [0.25, 0.3) is 5.91 Å². The third-order valence-corrected chi connectivity index (χ3v) is 6.92. The molecule has 212 valence electrons. The fraction of sp³-hybridized carbons (Fsp3) is 0.370. The number of fused-ring (bicyclic) bond motifs is 2. The fourth-order valence-electron chi connectivity index (χ4n) is 4.63. The largest absolute Gasteiger partial charge is 0.490 e. The van der Waals surface area contributed by atoms with Crippen molar-refractivity contribution in [3.63, 3.8) is 0 Å². The summed E-state index contributed by atoms with van der Waals surface area (Å²) in [6.07, 6.45) is 1.78. The van der Waals surface area contributed by atoms with Crippen molar-refractivity contribution < 1.29 is 27.9 Å². The van der Waals surface area contributed by atoms with Crippen molar-refractivity contribution in [3.05, 3.63) is 74.9 Å². The number of amides is 1. The van der Waals surface area contributed by atoms with Crippen molar-refractivity contribution in [2.75, 3.05) is 18.0 Å². The molecule has 2 aromatic heterocycles. The first-order valence-electron chi connectivity index (χ1n) is 12.7. The van der Waals surface area contributed by atoms with Crippen LogP contribution in [0.25, 0.3) is 0 Å². The zero-order chi connectivity index (χ0) is 28.9. The number of pyridine rings is 1. The molecule has 13 heteroatoms. The smallest absolute Gasteiger partial charge is 0.475 e. The topological polar surface area (TPSA) is 108 Å². The van der Waals surface area contributed by atoms with E-state index in [0.717, 1.165) is 73.7 Å². The number of nitrogens with zero attached hydrogens (tertiary/aromatic N) is 4. The summed E-state index contributed by atoms with van der Waals surface area (Å²) in [4.78, 5) is 37.5. The lowest BCUT2D eigenvalue weighted by Gasteiger charge is -2.32. The first kappa shape index (κ1) is 29.5. The molecule has 0 spiro atoms. The van der Waals surface area contributed by atoms with Crippen molar-refractivity contribution in [3.8, 4) is 0 Å². The molecule has 1 aliphatic heterocycles. The van der Waals surface area contributed by atoms with E-state index in [1.54, 1.807) is 24.3 Å². The second-order valence-corrected chi connectivity index (χ2v) is 10.1. The average molecular weight is 596 g/mol. The van der Waals surface area contributed by atoms with Gasteiger partial charge in [0.05, 0.1) is 17.1 Å². The van der Waals surface area contributed by atoms with Crippen LogP contribution in [0.3, 0.4) is 0 Å². The van der Waals surface area contributed by atoms with Crippen molar-refractivity contribution in [2.45, 2.75) is 51.1 Å². The van der Waals surface area contributed by atoms with Gasteiger partial charge in [0.1, 0.15) is 5.82 Å². The van der Waals surface area contributed by atoms with E-state index in [9.17, 15) is 18.0 Å². The van der Waals surface area contributed by atoms with E-state index < -0.39 is 12.1 Å². The van der Waals surface area contributed by atoms with E-state index in [2.05, 4.69) is 26.3 Å². The Kier molecular flexibility index (Phi) is 9.47. The van der Waals surface area contributed by atoms with Gasteiger partial charge in [-0.1, -0.05) is 11.6 Å². The molecule has 3 heterocycles. The number of carbonyl (C=O) groups excluding carboxylic acids is 1. The molecular formula is C27H26Cl2F3N5O3. The van der Waals surface area contributed by atoms with Gasteiger partial charge in [-0.2, -0.15) is 18.2 Å². The molecular weight excluding hydrogens is 570 g/mol. The zero-order valence-corrected chi connectivity index (χ0v) is 22.8. The summed E-state index contributed by atoms with van der Waals surface area (Å²) in [6, 6.07) is 11.1. The molecule has 1 aliphatic carbocycles. The Morgan fingerprint density at radius 1 is 0.925 bits per heavy atom. The van der Waals surface area contributed by atoms with E-state index in [1.807, 2.05) is 6.07 Å². The lowest BCUT2D eigenvalue weighted by atomic mass is 9.95. The number of aromatic nitrogens is 3. The van der Waals surface area contributed by atoms with Crippen LogP contribution in [0, 0.1) is 0 Å². The molecule has 0 unspecified atom stereocenters. The highest BCUT2D eigenvalue weighted by Gasteiger charge is 2.38. The van der Waals surface area contributed by atoms with Crippen LogP contribution >= 0.6 is 23.2 Å². The highest BCUT2D eigenvalue weighted by molar-refractivity contribution is 6.30.